The molecule has 4 heterocycles. The van der Waals surface area contributed by atoms with E-state index in [0.717, 1.165) is 62.6 Å². The van der Waals surface area contributed by atoms with Gasteiger partial charge in [-0.1, -0.05) is 42.5 Å². The van der Waals surface area contributed by atoms with Gasteiger partial charge in [0.1, 0.15) is 0 Å². The monoisotopic (exact) mass is 1440 g/mol. The average molecular weight is 1440 g/mol. The van der Waals surface area contributed by atoms with Crippen molar-refractivity contribution in [2.75, 3.05) is 24.5 Å². The molecule has 0 N–H and O–H groups in total. The van der Waals surface area contributed by atoms with Gasteiger partial charge in [0.25, 0.3) is 0 Å². The first kappa shape index (κ1) is 62.1. The molecule has 18 aromatic carbocycles. The van der Waals surface area contributed by atoms with Crippen molar-refractivity contribution in [1.82, 2.24) is 0 Å². The van der Waals surface area contributed by atoms with E-state index in [1.54, 1.807) is 0 Å². The SMILES string of the molecule is c1ccc(-c2c3ccccc3c(N(c3ccccc3)c3cc4c5c(c3)N(c3ccccc3)c3ccccc3B5c3cc5c(cc3[Se]4)N(c3ccccc3)c3cc(N(c4ccccc4)c4c6ccccc6c(-c6ccccc6)c6ccccc46)cc4c3B5c3ccccc3N4c3ccccc3)c3ccccc23)cc1. The molecule has 8 heteroatoms. The number of rotatable bonds is 11. The maximum absolute atomic E-state index is 2.69. The fourth-order valence-electron chi connectivity index (χ4n) is 18.4. The first-order chi connectivity index (χ1) is 53.7. The van der Waals surface area contributed by atoms with Gasteiger partial charge < -0.3 is 0 Å². The predicted molar refractivity (Wildman–Crippen MR) is 462 cm³/mol. The van der Waals surface area contributed by atoms with E-state index in [-0.39, 0.29) is 28.4 Å². The van der Waals surface area contributed by atoms with E-state index in [0.29, 0.717) is 0 Å². The summed E-state index contributed by atoms with van der Waals surface area (Å²) < 4.78 is 2.74. The summed E-state index contributed by atoms with van der Waals surface area (Å²) in [6.45, 7) is -0.260. The Kier molecular flexibility index (Phi) is 14.5. The molecule has 22 rings (SSSR count). The normalized spacial score (nSPS) is 12.9. The van der Waals surface area contributed by atoms with Gasteiger partial charge in [-0.25, -0.2) is 0 Å². The second kappa shape index (κ2) is 25.2. The van der Waals surface area contributed by atoms with Crippen LogP contribution in [0.2, 0.25) is 0 Å². The summed E-state index contributed by atoms with van der Waals surface area (Å²) in [4.78, 5) is 12.9. The Morgan fingerprint density at radius 1 is 0.213 bits per heavy atom. The first-order valence-electron chi connectivity index (χ1n) is 37.3. The van der Waals surface area contributed by atoms with Crippen LogP contribution in [0.4, 0.5) is 85.3 Å². The topological polar surface area (TPSA) is 16.2 Å². The number of hydrogen-bond acceptors (Lipinski definition) is 5. The fraction of sp³-hybridized carbons (Fsp3) is 0. The third kappa shape index (κ3) is 9.60. The van der Waals surface area contributed by atoms with Gasteiger partial charge in [0.2, 0.25) is 0 Å². The predicted octanol–water partition coefficient (Wildman–Crippen LogP) is 20.9. The molecule has 0 aromatic heterocycles. The molecule has 18 aromatic rings. The van der Waals surface area contributed by atoms with Crippen molar-refractivity contribution in [3.05, 3.63) is 394 Å². The van der Waals surface area contributed by atoms with Crippen molar-refractivity contribution < 1.29 is 0 Å². The summed E-state index contributed by atoms with van der Waals surface area (Å²) in [5.74, 6) is 0. The molecule has 0 saturated carbocycles. The van der Waals surface area contributed by atoms with E-state index < -0.39 is 0 Å². The Hall–Kier alpha value is -13.4. The van der Waals surface area contributed by atoms with Gasteiger partial charge in [-0.3, -0.25) is 0 Å². The summed E-state index contributed by atoms with van der Waals surface area (Å²) in [5.41, 5.74) is 29.7. The van der Waals surface area contributed by atoms with Crippen molar-refractivity contribution in [2.45, 2.75) is 0 Å². The Morgan fingerprint density at radius 2 is 0.528 bits per heavy atom. The second-order valence-corrected chi connectivity index (χ2v) is 30.8. The number of nitrogens with zero attached hydrogens (tertiary/aromatic N) is 5. The minimum absolute atomic E-state index is 0.0986. The number of benzene rings is 18. The van der Waals surface area contributed by atoms with Crippen molar-refractivity contribution in [1.29, 1.82) is 0 Å². The van der Waals surface area contributed by atoms with E-state index in [4.69, 9.17) is 0 Å². The Labute approximate surface area is 635 Å². The van der Waals surface area contributed by atoms with Crippen LogP contribution in [0.1, 0.15) is 0 Å². The van der Waals surface area contributed by atoms with Crippen molar-refractivity contribution in [2.24, 2.45) is 0 Å². The molecule has 108 heavy (non-hydrogen) atoms. The number of para-hydroxylation sites is 7. The molecule has 0 bridgehead atoms. The van der Waals surface area contributed by atoms with Gasteiger partial charge in [-0.05, 0) is 5.56 Å². The molecular formula is C100H65B2N5Se. The van der Waals surface area contributed by atoms with Gasteiger partial charge in [0, 0.05) is 0 Å². The summed E-state index contributed by atoms with van der Waals surface area (Å²) in [7, 11) is 0. The molecule has 0 fully saturated rings. The molecule has 0 aliphatic carbocycles. The molecule has 4 aliphatic heterocycles. The van der Waals surface area contributed by atoms with Gasteiger partial charge >= 0.3 is 592 Å². The van der Waals surface area contributed by atoms with Crippen LogP contribution in [0.5, 0.6) is 0 Å². The van der Waals surface area contributed by atoms with Crippen LogP contribution in [0.3, 0.4) is 0 Å². The van der Waals surface area contributed by atoms with Gasteiger partial charge in [0.05, 0.1) is 0 Å². The molecular weight excluding hydrogens is 1370 g/mol. The van der Waals surface area contributed by atoms with E-state index >= 15 is 0 Å². The van der Waals surface area contributed by atoms with E-state index in [2.05, 4.69) is 419 Å². The molecule has 0 unspecified atom stereocenters. The molecule has 0 atom stereocenters. The zero-order valence-electron chi connectivity index (χ0n) is 58.8. The van der Waals surface area contributed by atoms with Gasteiger partial charge in [-0.2, -0.15) is 0 Å². The van der Waals surface area contributed by atoms with Crippen molar-refractivity contribution in [3.63, 3.8) is 0 Å². The minimum atomic E-state index is -0.221. The molecule has 0 radical (unpaired) electrons. The first-order valence-corrected chi connectivity index (χ1v) is 39.0. The summed E-state index contributed by atoms with van der Waals surface area (Å²) in [6, 6.07) is 148. The van der Waals surface area contributed by atoms with E-state index in [1.807, 2.05) is 0 Å². The Bertz CT molecular complexity index is 6520. The van der Waals surface area contributed by atoms with Gasteiger partial charge in [-0.15, -0.1) is 0 Å². The van der Waals surface area contributed by atoms with Crippen LogP contribution in [-0.4, -0.2) is 28.4 Å². The molecule has 502 valence electrons. The summed E-state index contributed by atoms with van der Waals surface area (Å²) in [5, 5.41) is 9.55. The van der Waals surface area contributed by atoms with Crippen LogP contribution in [0.25, 0.3) is 65.3 Å². The van der Waals surface area contributed by atoms with E-state index in [9.17, 15) is 0 Å². The number of hydrogen-bond donors (Lipinski definition) is 0. The van der Waals surface area contributed by atoms with Crippen molar-refractivity contribution >= 4 is 198 Å². The van der Waals surface area contributed by atoms with Crippen LogP contribution < -0.4 is 66.2 Å². The maximum atomic E-state index is 2.69. The van der Waals surface area contributed by atoms with E-state index in [1.165, 1.54) is 130 Å². The number of anilines is 15. The van der Waals surface area contributed by atoms with Crippen molar-refractivity contribution in [3.8, 4) is 22.3 Å². The molecule has 0 amide bonds. The van der Waals surface area contributed by atoms with Crippen LogP contribution in [0.15, 0.2) is 394 Å². The van der Waals surface area contributed by atoms with Crippen LogP contribution >= 0.6 is 0 Å². The third-order valence-corrected chi connectivity index (χ3v) is 25.1. The Morgan fingerprint density at radius 3 is 0.935 bits per heavy atom. The fourth-order valence-corrected chi connectivity index (χ4v) is 21.0. The quantitative estimate of drug-likeness (QED) is 0.0945. The third-order valence-electron chi connectivity index (χ3n) is 22.7. The van der Waals surface area contributed by atoms with Crippen LogP contribution in [0, 0.1) is 0 Å². The summed E-state index contributed by atoms with van der Waals surface area (Å²) >= 11 is -0.221. The van der Waals surface area contributed by atoms with Gasteiger partial charge in [0.15, 0.2) is 0 Å². The summed E-state index contributed by atoms with van der Waals surface area (Å²) in [6.07, 6.45) is 0. The molecule has 0 spiro atoms. The average Bonchev–Trinajstić information content (AvgIpc) is 0.691. The molecule has 4 aliphatic rings. The zero-order chi connectivity index (χ0) is 70.9. The standard InChI is InChI=1S/C100H65B2N5Se/c1-8-34-66(35-9-1)95-75-48-22-26-52-79(75)99(80-53-27-23-49-76(80)95)103(68-38-12-3-13-39-68)73-60-90-97-91(61-73)107(72-46-20-7-21-47-72)89-65-93-86(64-85(89)101(97)83-56-30-32-58-87(83)105(90)70-42-16-5-17-43-70)102-84-57-31-33-59-88(84)106(71-44-18-6-19-45-71)92-62-74(63-94(108-93)98(92)102)104(69-40-14-4-15-41-69)100-81-54-28-24-50-77(81)96(67-36-10-2-11-37-67)78-51-25-29-55-82(78)100/h1-65H. The number of fused-ring (bicyclic) bond motifs is 12. The molecule has 5 nitrogen and oxygen atoms in total. The van der Waals surface area contributed by atoms with Crippen LogP contribution in [-0.2, 0) is 0 Å². The Balaban J connectivity index is 0.819. The second-order valence-electron chi connectivity index (χ2n) is 28.5. The zero-order valence-corrected chi connectivity index (χ0v) is 60.5. The molecule has 0 saturated heterocycles.